The Labute approximate surface area is 92.6 Å². The van der Waals surface area contributed by atoms with E-state index < -0.39 is 18.0 Å². The second-order valence-electron chi connectivity index (χ2n) is 3.22. The summed E-state index contributed by atoms with van der Waals surface area (Å²) in [5.41, 5.74) is -0.0120. The zero-order chi connectivity index (χ0) is 12.1. The van der Waals surface area contributed by atoms with Gasteiger partial charge in [-0.1, -0.05) is 0 Å². The molecule has 0 aromatic heterocycles. The summed E-state index contributed by atoms with van der Waals surface area (Å²) < 4.78 is 9.17. The van der Waals surface area contributed by atoms with Gasteiger partial charge >= 0.3 is 11.9 Å². The fourth-order valence-corrected chi connectivity index (χ4v) is 1.12. The second kappa shape index (κ2) is 5.29. The molecule has 0 saturated heterocycles. The molecule has 0 radical (unpaired) electrons. The van der Waals surface area contributed by atoms with E-state index in [4.69, 9.17) is 4.74 Å². The summed E-state index contributed by atoms with van der Waals surface area (Å²) in [6, 6.07) is -0.722. The standard InChI is InChI=1S/C10H13NO5/c1-6(9(13)15-2)11-5-7-8(12)3-4-16-10(7)14/h5-6,12H,3-4H2,1-2H3. The van der Waals surface area contributed by atoms with Gasteiger partial charge in [0.1, 0.15) is 17.4 Å². The van der Waals surface area contributed by atoms with Gasteiger partial charge in [0.2, 0.25) is 0 Å². The molecule has 0 saturated carbocycles. The maximum Gasteiger partial charge on any atom is 0.343 e. The fourth-order valence-electron chi connectivity index (χ4n) is 1.12. The molecule has 6 heteroatoms. The number of hydrogen-bond donors (Lipinski definition) is 1. The third kappa shape index (κ3) is 2.82. The molecule has 0 amide bonds. The van der Waals surface area contributed by atoms with Crippen LogP contribution < -0.4 is 0 Å². The average Bonchev–Trinajstić information content (AvgIpc) is 2.27. The minimum atomic E-state index is -0.722. The Bertz CT molecular complexity index is 358. The number of hydrogen-bond acceptors (Lipinski definition) is 6. The first-order valence-corrected chi connectivity index (χ1v) is 4.76. The molecule has 0 aliphatic carbocycles. The zero-order valence-corrected chi connectivity index (χ0v) is 9.10. The summed E-state index contributed by atoms with van der Waals surface area (Å²) in [6.07, 6.45) is 1.40. The highest BCUT2D eigenvalue weighted by Gasteiger charge is 2.20. The molecule has 1 aliphatic heterocycles. The predicted molar refractivity (Wildman–Crippen MR) is 55.2 cm³/mol. The molecule has 88 valence electrons. The van der Waals surface area contributed by atoms with Gasteiger partial charge in [0.15, 0.2) is 0 Å². The van der Waals surface area contributed by atoms with Crippen LogP contribution in [-0.2, 0) is 19.1 Å². The maximum absolute atomic E-state index is 11.2. The maximum atomic E-state index is 11.2. The molecule has 0 aromatic carbocycles. The number of cyclic esters (lactones) is 1. The van der Waals surface area contributed by atoms with Crippen LogP contribution in [0.25, 0.3) is 0 Å². The van der Waals surface area contributed by atoms with Crippen LogP contribution in [0.5, 0.6) is 0 Å². The van der Waals surface area contributed by atoms with E-state index in [1.54, 1.807) is 0 Å². The molecule has 0 aromatic rings. The van der Waals surface area contributed by atoms with E-state index in [-0.39, 0.29) is 24.4 Å². The highest BCUT2D eigenvalue weighted by atomic mass is 16.5. The van der Waals surface area contributed by atoms with E-state index in [1.807, 2.05) is 0 Å². The van der Waals surface area contributed by atoms with E-state index >= 15 is 0 Å². The minimum absolute atomic E-state index is 0.0120. The Hall–Kier alpha value is -1.85. The first-order valence-electron chi connectivity index (χ1n) is 4.76. The summed E-state index contributed by atoms with van der Waals surface area (Å²) in [5.74, 6) is -1.22. The van der Waals surface area contributed by atoms with Gasteiger partial charge in [-0.05, 0) is 6.92 Å². The van der Waals surface area contributed by atoms with Crippen molar-refractivity contribution < 1.29 is 24.2 Å². The Morgan fingerprint density at radius 2 is 2.38 bits per heavy atom. The number of esters is 2. The van der Waals surface area contributed by atoms with Gasteiger partial charge in [-0.25, -0.2) is 9.59 Å². The summed E-state index contributed by atoms with van der Waals surface area (Å²) >= 11 is 0. The number of rotatable bonds is 3. The highest BCUT2D eigenvalue weighted by molar-refractivity contribution is 6.10. The summed E-state index contributed by atoms with van der Waals surface area (Å²) in [7, 11) is 1.25. The van der Waals surface area contributed by atoms with Gasteiger partial charge in [-0.3, -0.25) is 4.99 Å². The molecule has 1 unspecified atom stereocenters. The van der Waals surface area contributed by atoms with E-state index in [0.717, 1.165) is 6.21 Å². The van der Waals surface area contributed by atoms with Gasteiger partial charge in [-0.15, -0.1) is 0 Å². The SMILES string of the molecule is COC(=O)C(C)N=CC1=C(O)CCOC1=O. The van der Waals surface area contributed by atoms with Gasteiger partial charge in [0.25, 0.3) is 0 Å². The van der Waals surface area contributed by atoms with Crippen molar-refractivity contribution in [2.75, 3.05) is 13.7 Å². The first kappa shape index (κ1) is 12.2. The van der Waals surface area contributed by atoms with Gasteiger partial charge in [-0.2, -0.15) is 0 Å². The normalized spacial score (nSPS) is 18.5. The van der Waals surface area contributed by atoms with Crippen LogP contribution in [0.1, 0.15) is 13.3 Å². The van der Waals surface area contributed by atoms with Gasteiger partial charge in [0.05, 0.1) is 13.7 Å². The second-order valence-corrected chi connectivity index (χ2v) is 3.22. The number of carbonyl (C=O) groups excluding carboxylic acids is 2. The van der Waals surface area contributed by atoms with E-state index in [9.17, 15) is 14.7 Å². The van der Waals surface area contributed by atoms with Crippen molar-refractivity contribution in [3.63, 3.8) is 0 Å². The highest BCUT2D eigenvalue weighted by Crippen LogP contribution is 2.12. The molecule has 1 N–H and O–H groups in total. The van der Waals surface area contributed by atoms with Crippen LogP contribution in [-0.4, -0.2) is 43.0 Å². The number of aliphatic hydroxyl groups excluding tert-OH is 1. The number of nitrogens with zero attached hydrogens (tertiary/aromatic N) is 1. The first-order chi connectivity index (χ1) is 7.56. The predicted octanol–water partition coefficient (Wildman–Crippen LogP) is 0.378. The van der Waals surface area contributed by atoms with E-state index in [1.165, 1.54) is 14.0 Å². The van der Waals surface area contributed by atoms with Crippen molar-refractivity contribution in [1.29, 1.82) is 0 Å². The number of ether oxygens (including phenoxy) is 2. The Morgan fingerprint density at radius 3 is 2.94 bits per heavy atom. The van der Waals surface area contributed by atoms with Crippen LogP contribution in [0.4, 0.5) is 0 Å². The average molecular weight is 227 g/mol. The monoisotopic (exact) mass is 227 g/mol. The van der Waals surface area contributed by atoms with E-state index in [0.29, 0.717) is 0 Å². The summed E-state index contributed by atoms with van der Waals surface area (Å²) in [6.45, 7) is 1.68. The van der Waals surface area contributed by atoms with Crippen molar-refractivity contribution in [1.82, 2.24) is 0 Å². The summed E-state index contributed by atoms with van der Waals surface area (Å²) in [5, 5.41) is 9.42. The number of methoxy groups -OCH3 is 1. The Kier molecular flexibility index (Phi) is 4.04. The minimum Gasteiger partial charge on any atom is -0.511 e. The quantitative estimate of drug-likeness (QED) is 0.556. The molecule has 16 heavy (non-hydrogen) atoms. The third-order valence-corrected chi connectivity index (χ3v) is 2.07. The Morgan fingerprint density at radius 1 is 1.69 bits per heavy atom. The van der Waals surface area contributed by atoms with Crippen LogP contribution in [0.3, 0.4) is 0 Å². The lowest BCUT2D eigenvalue weighted by molar-refractivity contribution is -0.142. The molecule has 0 spiro atoms. The fraction of sp³-hybridized carbons (Fsp3) is 0.500. The molecular weight excluding hydrogens is 214 g/mol. The van der Waals surface area contributed by atoms with Gasteiger partial charge in [0, 0.05) is 12.6 Å². The molecule has 1 atom stereocenters. The molecule has 0 fully saturated rings. The van der Waals surface area contributed by atoms with Gasteiger partial charge < -0.3 is 14.6 Å². The van der Waals surface area contributed by atoms with E-state index in [2.05, 4.69) is 9.73 Å². The smallest absolute Gasteiger partial charge is 0.343 e. The van der Waals surface area contributed by atoms with Crippen molar-refractivity contribution in [3.05, 3.63) is 11.3 Å². The number of aliphatic hydroxyl groups is 1. The zero-order valence-electron chi connectivity index (χ0n) is 9.10. The van der Waals surface area contributed by atoms with Crippen LogP contribution in [0, 0.1) is 0 Å². The van der Waals surface area contributed by atoms with Crippen molar-refractivity contribution in [2.45, 2.75) is 19.4 Å². The lowest BCUT2D eigenvalue weighted by Gasteiger charge is -2.13. The topological polar surface area (TPSA) is 85.2 Å². The largest absolute Gasteiger partial charge is 0.511 e. The lowest BCUT2D eigenvalue weighted by Crippen LogP contribution is -2.21. The Balaban J connectivity index is 2.76. The van der Waals surface area contributed by atoms with Crippen LogP contribution in [0.2, 0.25) is 0 Å². The van der Waals surface area contributed by atoms with Crippen LogP contribution in [0.15, 0.2) is 16.3 Å². The lowest BCUT2D eigenvalue weighted by atomic mass is 10.1. The van der Waals surface area contributed by atoms with Crippen molar-refractivity contribution in [2.24, 2.45) is 4.99 Å². The third-order valence-electron chi connectivity index (χ3n) is 2.07. The molecule has 1 aliphatic rings. The molecule has 1 heterocycles. The molecule has 6 nitrogen and oxygen atoms in total. The van der Waals surface area contributed by atoms with Crippen molar-refractivity contribution in [3.8, 4) is 0 Å². The van der Waals surface area contributed by atoms with Crippen LogP contribution >= 0.6 is 0 Å². The number of aliphatic imine (C=N–C) groups is 1. The number of carbonyl (C=O) groups is 2. The molecular formula is C10H13NO5. The molecule has 0 bridgehead atoms. The summed E-state index contributed by atoms with van der Waals surface area (Å²) in [4.78, 5) is 26.0. The molecule has 1 rings (SSSR count). The van der Waals surface area contributed by atoms with Crippen molar-refractivity contribution >= 4 is 18.2 Å².